The van der Waals surface area contributed by atoms with Gasteiger partial charge in [-0.2, -0.15) is 0 Å². The molecule has 0 radical (unpaired) electrons. The highest BCUT2D eigenvalue weighted by Crippen LogP contribution is 2.43. The van der Waals surface area contributed by atoms with Crippen LogP contribution in [-0.4, -0.2) is 27.0 Å². The fourth-order valence-corrected chi connectivity index (χ4v) is 3.90. The lowest BCUT2D eigenvalue weighted by atomic mass is 9.91. The summed E-state index contributed by atoms with van der Waals surface area (Å²) in [6, 6.07) is 7.33. The number of aromatic amines is 1. The van der Waals surface area contributed by atoms with Gasteiger partial charge in [0, 0.05) is 46.1 Å². The Morgan fingerprint density at radius 1 is 1.23 bits per heavy atom. The minimum atomic E-state index is -0.254. The van der Waals surface area contributed by atoms with E-state index < -0.39 is 0 Å². The maximum Gasteiger partial charge on any atom is 0.131 e. The summed E-state index contributed by atoms with van der Waals surface area (Å²) in [6.07, 6.45) is 4.94. The van der Waals surface area contributed by atoms with Crippen molar-refractivity contribution < 1.29 is 4.74 Å². The molecule has 0 aliphatic heterocycles. The molecule has 9 heteroatoms. The molecule has 0 saturated carbocycles. The van der Waals surface area contributed by atoms with Crippen LogP contribution in [0.25, 0.3) is 11.1 Å². The lowest BCUT2D eigenvalue weighted by Gasteiger charge is -2.21. The first kappa shape index (κ1) is 22.3. The number of nitrogens with two attached hydrogens (primary N) is 1. The van der Waals surface area contributed by atoms with Crippen molar-refractivity contribution in [3.05, 3.63) is 74.6 Å². The predicted molar refractivity (Wildman–Crippen MR) is 125 cm³/mol. The lowest BCUT2D eigenvalue weighted by Crippen LogP contribution is -2.06. The maximum atomic E-state index is 6.61. The molecule has 2 heterocycles. The van der Waals surface area contributed by atoms with Crippen molar-refractivity contribution in [1.29, 1.82) is 0 Å². The van der Waals surface area contributed by atoms with Gasteiger partial charge in [-0.3, -0.25) is 4.98 Å². The summed E-state index contributed by atoms with van der Waals surface area (Å²) in [5.74, 6) is 1.28. The minimum absolute atomic E-state index is 0.254. The van der Waals surface area contributed by atoms with E-state index in [9.17, 15) is 0 Å². The van der Waals surface area contributed by atoms with Crippen LogP contribution in [-0.2, 0) is 0 Å². The third-order valence-electron chi connectivity index (χ3n) is 4.60. The number of nitrogen functional groups attached to an aromatic ring is 1. The number of anilines is 1. The monoisotopic (exact) mass is 507 g/mol. The fourth-order valence-electron chi connectivity index (χ4n) is 3.12. The van der Waals surface area contributed by atoms with Crippen LogP contribution in [0.1, 0.15) is 29.8 Å². The number of halogens is 3. The first-order valence-corrected chi connectivity index (χ1v) is 10.6. The Labute approximate surface area is 193 Å². The van der Waals surface area contributed by atoms with E-state index in [1.165, 1.54) is 6.20 Å². The van der Waals surface area contributed by atoms with E-state index >= 15 is 0 Å². The van der Waals surface area contributed by atoms with Gasteiger partial charge in [-0.15, -0.1) is 0 Å². The van der Waals surface area contributed by atoms with Gasteiger partial charge in [0.1, 0.15) is 27.1 Å². The standard InChI is InChI=1S/C21H20BrCl2N5O/c1-11(21-28-16(22)8-18(25)27-10-17(24)29-21)14-7-15(23)12(2)19(20(14)30-3)13-5-4-6-26-9-13/h4-11H,1-3H3,(H2,25,27)(H,28,29). The average molecular weight is 509 g/mol. The third-order valence-corrected chi connectivity index (χ3v) is 5.60. The highest BCUT2D eigenvalue weighted by molar-refractivity contribution is 9.10. The Morgan fingerprint density at radius 2 is 2.00 bits per heavy atom. The van der Waals surface area contributed by atoms with Crippen LogP contribution in [0.2, 0.25) is 10.2 Å². The number of nitrogens with one attached hydrogen (secondary N) is 1. The zero-order valence-electron chi connectivity index (χ0n) is 16.6. The number of rotatable bonds is 4. The Kier molecular flexibility index (Phi) is 7.18. The summed E-state index contributed by atoms with van der Waals surface area (Å²) in [5, 5.41) is 0.896. The number of hydrogen-bond acceptors (Lipinski definition) is 5. The van der Waals surface area contributed by atoms with Crippen LogP contribution in [0, 0.1) is 6.92 Å². The van der Waals surface area contributed by atoms with Crippen LogP contribution < -0.4 is 10.5 Å². The largest absolute Gasteiger partial charge is 0.496 e. The highest BCUT2D eigenvalue weighted by Gasteiger charge is 2.23. The molecule has 1 atom stereocenters. The van der Waals surface area contributed by atoms with E-state index in [0.717, 1.165) is 22.3 Å². The van der Waals surface area contributed by atoms with Crippen LogP contribution in [0.4, 0.5) is 5.82 Å². The Bertz CT molecular complexity index is 1120. The smallest absolute Gasteiger partial charge is 0.131 e. The quantitative estimate of drug-likeness (QED) is 0.443. The molecule has 0 bridgehead atoms. The van der Waals surface area contributed by atoms with Crippen LogP contribution in [0.15, 0.2) is 47.5 Å². The van der Waals surface area contributed by atoms with Crippen molar-refractivity contribution in [2.45, 2.75) is 19.8 Å². The van der Waals surface area contributed by atoms with Crippen molar-refractivity contribution in [2.24, 2.45) is 0 Å². The summed E-state index contributed by atoms with van der Waals surface area (Å²) >= 11 is 16.3. The molecule has 0 saturated heterocycles. The third kappa shape index (κ3) is 4.86. The topological polar surface area (TPSA) is 89.7 Å². The molecule has 1 aromatic carbocycles. The molecular weight excluding hydrogens is 489 g/mol. The molecule has 0 amide bonds. The Hall–Kier alpha value is -2.35. The van der Waals surface area contributed by atoms with E-state index in [1.807, 2.05) is 32.0 Å². The zero-order valence-corrected chi connectivity index (χ0v) is 19.7. The highest BCUT2D eigenvalue weighted by atomic mass is 79.9. The molecule has 0 aliphatic carbocycles. The number of H-pyrrole nitrogens is 1. The van der Waals surface area contributed by atoms with Gasteiger partial charge in [-0.1, -0.05) is 36.2 Å². The van der Waals surface area contributed by atoms with Crippen molar-refractivity contribution >= 4 is 44.9 Å². The van der Waals surface area contributed by atoms with Gasteiger partial charge in [0.2, 0.25) is 0 Å². The lowest BCUT2D eigenvalue weighted by molar-refractivity contribution is 0.409. The van der Waals surface area contributed by atoms with Crippen LogP contribution in [0.3, 0.4) is 0 Å². The Balaban J connectivity index is 2.28. The summed E-state index contributed by atoms with van der Waals surface area (Å²) in [7, 11) is 1.63. The van der Waals surface area contributed by atoms with Crippen molar-refractivity contribution in [2.75, 3.05) is 12.8 Å². The molecule has 30 heavy (non-hydrogen) atoms. The number of benzene rings is 1. The number of pyridine rings is 1. The second-order valence-corrected chi connectivity index (χ2v) is 8.19. The molecule has 6 nitrogen and oxygen atoms in total. The summed E-state index contributed by atoms with van der Waals surface area (Å²) in [6.45, 7) is 3.94. The van der Waals surface area contributed by atoms with E-state index in [0.29, 0.717) is 21.2 Å². The second kappa shape index (κ2) is 9.64. The summed E-state index contributed by atoms with van der Waals surface area (Å²) < 4.78 is 6.35. The van der Waals surface area contributed by atoms with Gasteiger partial charge in [0.15, 0.2) is 0 Å². The molecule has 0 spiro atoms. The molecule has 3 aromatic rings. The van der Waals surface area contributed by atoms with Crippen molar-refractivity contribution in [3.8, 4) is 16.9 Å². The molecular formula is C21H20BrCl2N5O. The van der Waals surface area contributed by atoms with Gasteiger partial charge < -0.3 is 15.5 Å². The fraction of sp³-hybridized carbons (Fsp3) is 0.190. The molecule has 0 fully saturated rings. The van der Waals surface area contributed by atoms with E-state index in [2.05, 4.69) is 35.9 Å². The average Bonchev–Trinajstić information content (AvgIpc) is 2.78. The number of nitrogens with zero attached hydrogens (tertiary/aromatic N) is 3. The molecule has 1 unspecified atom stereocenters. The van der Waals surface area contributed by atoms with Crippen molar-refractivity contribution in [3.63, 3.8) is 0 Å². The van der Waals surface area contributed by atoms with Gasteiger partial charge in [-0.05, 0) is 40.5 Å². The maximum absolute atomic E-state index is 6.61. The molecule has 156 valence electrons. The molecule has 3 rings (SSSR count). The van der Waals surface area contributed by atoms with Crippen LogP contribution in [0.5, 0.6) is 5.75 Å². The minimum Gasteiger partial charge on any atom is -0.496 e. The number of hydrogen-bond donors (Lipinski definition) is 2. The predicted octanol–water partition coefficient (Wildman–Crippen LogP) is 6.11. The van der Waals surface area contributed by atoms with Gasteiger partial charge >= 0.3 is 0 Å². The van der Waals surface area contributed by atoms with E-state index in [4.69, 9.17) is 33.7 Å². The first-order valence-electron chi connectivity index (χ1n) is 9.01. The number of ether oxygens (including phenoxy) is 1. The second-order valence-electron chi connectivity index (χ2n) is 6.56. The molecule has 3 N–H and O–H groups in total. The number of aromatic nitrogens is 4. The summed E-state index contributed by atoms with van der Waals surface area (Å²) in [5.41, 5.74) is 9.37. The summed E-state index contributed by atoms with van der Waals surface area (Å²) in [4.78, 5) is 16.0. The van der Waals surface area contributed by atoms with E-state index in [1.54, 1.807) is 25.6 Å². The first-order chi connectivity index (χ1) is 14.3. The van der Waals surface area contributed by atoms with Gasteiger partial charge in [0.25, 0.3) is 0 Å². The number of methoxy groups -OCH3 is 1. The zero-order chi connectivity index (χ0) is 21.8. The molecule has 0 aliphatic rings. The van der Waals surface area contributed by atoms with Gasteiger partial charge in [0.05, 0.1) is 13.3 Å². The normalized spacial score (nSPS) is 11.7. The van der Waals surface area contributed by atoms with E-state index in [-0.39, 0.29) is 16.9 Å². The molecule has 2 aromatic heterocycles. The van der Waals surface area contributed by atoms with Crippen LogP contribution >= 0.6 is 39.1 Å². The SMILES string of the molecule is COc1c(C(C)c2nc(Br)cc(N)ncc(Cl)[nH]2)cc(Cl)c(C)c1-c1cccnc1. The van der Waals surface area contributed by atoms with Crippen molar-refractivity contribution in [1.82, 2.24) is 19.9 Å². The Morgan fingerprint density at radius 3 is 2.67 bits per heavy atom. The van der Waals surface area contributed by atoms with Gasteiger partial charge in [-0.25, -0.2) is 9.97 Å².